The highest BCUT2D eigenvalue weighted by Crippen LogP contribution is 2.32. The van der Waals surface area contributed by atoms with Gasteiger partial charge in [0, 0.05) is 5.56 Å². The van der Waals surface area contributed by atoms with Crippen molar-refractivity contribution < 1.29 is 8.81 Å². The van der Waals surface area contributed by atoms with Gasteiger partial charge in [-0.1, -0.05) is 31.2 Å². The molecule has 142 valence electrons. The topological polar surface area (TPSA) is 69.6 Å². The highest BCUT2D eigenvalue weighted by molar-refractivity contribution is 7.99. The van der Waals surface area contributed by atoms with E-state index in [2.05, 4.69) is 20.2 Å². The summed E-state index contributed by atoms with van der Waals surface area (Å²) in [5.74, 6) is 1.04. The average Bonchev–Trinajstić information content (AvgIpc) is 3.35. The Morgan fingerprint density at radius 3 is 2.71 bits per heavy atom. The normalized spacial score (nSPS) is 11.1. The lowest BCUT2D eigenvalue weighted by molar-refractivity contribution is 0.485. The van der Waals surface area contributed by atoms with Gasteiger partial charge in [0.15, 0.2) is 16.8 Å². The van der Waals surface area contributed by atoms with Crippen LogP contribution in [0.2, 0.25) is 0 Å². The van der Waals surface area contributed by atoms with Crippen LogP contribution in [-0.4, -0.2) is 24.7 Å². The summed E-state index contributed by atoms with van der Waals surface area (Å²) in [5, 5.41) is 9.46. The molecule has 0 unspecified atom stereocenters. The molecule has 0 aliphatic heterocycles. The molecule has 8 heteroatoms. The molecule has 4 rings (SSSR count). The molecule has 0 N–H and O–H groups in total. The molecule has 0 aliphatic carbocycles. The van der Waals surface area contributed by atoms with Gasteiger partial charge in [-0.25, -0.2) is 14.4 Å². The van der Waals surface area contributed by atoms with E-state index in [-0.39, 0.29) is 5.03 Å². The van der Waals surface area contributed by atoms with Gasteiger partial charge < -0.3 is 4.42 Å². The van der Waals surface area contributed by atoms with E-state index < -0.39 is 5.82 Å². The van der Waals surface area contributed by atoms with Gasteiger partial charge in [-0.2, -0.15) is 0 Å². The van der Waals surface area contributed by atoms with Gasteiger partial charge in [-0.05, 0) is 42.8 Å². The van der Waals surface area contributed by atoms with Crippen LogP contribution in [-0.2, 0) is 13.0 Å². The zero-order valence-corrected chi connectivity index (χ0v) is 16.3. The number of hydrogen-bond acceptors (Lipinski definition) is 6. The molecule has 3 heterocycles. The first-order chi connectivity index (χ1) is 13.7. The summed E-state index contributed by atoms with van der Waals surface area (Å²) in [5.41, 5.74) is 2.42. The van der Waals surface area contributed by atoms with E-state index >= 15 is 0 Å². The monoisotopic (exact) mass is 395 g/mol. The van der Waals surface area contributed by atoms with Gasteiger partial charge in [0.25, 0.3) is 0 Å². The minimum Gasteiger partial charge on any atom is -0.467 e. The highest BCUT2D eigenvalue weighted by Gasteiger charge is 2.20. The van der Waals surface area contributed by atoms with Crippen molar-refractivity contribution in [3.05, 3.63) is 71.8 Å². The van der Waals surface area contributed by atoms with E-state index in [9.17, 15) is 4.39 Å². The smallest absolute Gasteiger partial charge is 0.198 e. The molecule has 0 bridgehead atoms. The second-order valence-corrected chi connectivity index (χ2v) is 7.14. The van der Waals surface area contributed by atoms with Gasteiger partial charge in [0.2, 0.25) is 0 Å². The molecule has 0 spiro atoms. The molecule has 0 amide bonds. The van der Waals surface area contributed by atoms with E-state index in [1.807, 2.05) is 54.8 Å². The third kappa shape index (κ3) is 3.55. The van der Waals surface area contributed by atoms with E-state index in [1.165, 1.54) is 6.33 Å². The van der Waals surface area contributed by atoms with Crippen molar-refractivity contribution >= 4 is 11.8 Å². The molecular formula is C20H18FN5OS. The SMILES string of the molecule is CCc1ncnc(Sc2nnc(-c3ccccc3C)n2Cc2ccco2)c1F. The summed E-state index contributed by atoms with van der Waals surface area (Å²) in [6, 6.07) is 11.7. The van der Waals surface area contributed by atoms with E-state index in [4.69, 9.17) is 4.42 Å². The first-order valence-electron chi connectivity index (χ1n) is 8.86. The molecule has 6 nitrogen and oxygen atoms in total. The number of aromatic nitrogens is 5. The Kier molecular flexibility index (Phi) is 5.21. The summed E-state index contributed by atoms with van der Waals surface area (Å²) < 4.78 is 22.1. The first kappa shape index (κ1) is 18.4. The van der Waals surface area contributed by atoms with Crippen LogP contribution in [0.4, 0.5) is 4.39 Å². The van der Waals surface area contributed by atoms with E-state index in [1.54, 1.807) is 6.26 Å². The van der Waals surface area contributed by atoms with Crippen molar-refractivity contribution in [2.75, 3.05) is 0 Å². The molecule has 0 fully saturated rings. The Hall–Kier alpha value is -3.00. The Morgan fingerprint density at radius 2 is 1.96 bits per heavy atom. The average molecular weight is 395 g/mol. The number of halogens is 1. The minimum atomic E-state index is -0.417. The summed E-state index contributed by atoms with van der Waals surface area (Å²) in [4.78, 5) is 8.08. The van der Waals surface area contributed by atoms with Gasteiger partial charge in [0.05, 0.1) is 18.5 Å². The summed E-state index contributed by atoms with van der Waals surface area (Å²) in [6.45, 7) is 4.31. The summed E-state index contributed by atoms with van der Waals surface area (Å²) in [7, 11) is 0. The lowest BCUT2D eigenvalue weighted by Gasteiger charge is -2.10. The molecule has 3 aromatic heterocycles. The van der Waals surface area contributed by atoms with Crippen molar-refractivity contribution in [3.8, 4) is 11.4 Å². The number of benzene rings is 1. The number of nitrogens with zero attached hydrogens (tertiary/aromatic N) is 5. The molecule has 0 aliphatic rings. The van der Waals surface area contributed by atoms with Crippen molar-refractivity contribution in [1.29, 1.82) is 0 Å². The Balaban J connectivity index is 1.78. The zero-order chi connectivity index (χ0) is 19.5. The predicted molar refractivity (Wildman–Crippen MR) is 103 cm³/mol. The quantitative estimate of drug-likeness (QED) is 0.447. The Bertz CT molecular complexity index is 1090. The van der Waals surface area contributed by atoms with Crippen LogP contribution in [0.15, 0.2) is 63.6 Å². The molecule has 1 aromatic carbocycles. The lowest BCUT2D eigenvalue weighted by Crippen LogP contribution is -2.05. The minimum absolute atomic E-state index is 0.233. The zero-order valence-electron chi connectivity index (χ0n) is 15.5. The van der Waals surface area contributed by atoms with Crippen LogP contribution in [0.25, 0.3) is 11.4 Å². The second-order valence-electron chi connectivity index (χ2n) is 6.18. The number of aryl methyl sites for hydroxylation is 2. The fourth-order valence-corrected chi connectivity index (χ4v) is 3.70. The largest absolute Gasteiger partial charge is 0.467 e. The van der Waals surface area contributed by atoms with Crippen molar-refractivity contribution in [3.63, 3.8) is 0 Å². The highest BCUT2D eigenvalue weighted by atomic mass is 32.2. The van der Waals surface area contributed by atoms with Crippen LogP contribution in [0.1, 0.15) is 23.9 Å². The fourth-order valence-electron chi connectivity index (χ4n) is 2.88. The summed E-state index contributed by atoms with van der Waals surface area (Å²) in [6.07, 6.45) is 3.49. The predicted octanol–water partition coefficient (Wildman–Crippen LogP) is 4.54. The third-order valence-electron chi connectivity index (χ3n) is 4.35. The standard InChI is InChI=1S/C20H18FN5OS/c1-3-16-17(21)19(23-12-22-16)28-20-25-24-18(15-9-5-4-7-13(15)2)26(20)11-14-8-6-10-27-14/h4-10,12H,3,11H2,1-2H3. The Labute approximate surface area is 165 Å². The van der Waals surface area contributed by atoms with Crippen molar-refractivity contribution in [2.24, 2.45) is 0 Å². The van der Waals surface area contributed by atoms with Crippen LogP contribution in [0.5, 0.6) is 0 Å². The lowest BCUT2D eigenvalue weighted by atomic mass is 10.1. The van der Waals surface area contributed by atoms with Crippen LogP contribution in [0.3, 0.4) is 0 Å². The van der Waals surface area contributed by atoms with E-state index in [0.29, 0.717) is 29.6 Å². The van der Waals surface area contributed by atoms with E-state index in [0.717, 1.165) is 28.6 Å². The first-order valence-corrected chi connectivity index (χ1v) is 9.67. The van der Waals surface area contributed by atoms with Crippen LogP contribution in [0, 0.1) is 12.7 Å². The Morgan fingerprint density at radius 1 is 1.11 bits per heavy atom. The molecule has 28 heavy (non-hydrogen) atoms. The van der Waals surface area contributed by atoms with Crippen molar-refractivity contribution in [2.45, 2.75) is 37.0 Å². The van der Waals surface area contributed by atoms with Gasteiger partial charge in [-0.15, -0.1) is 10.2 Å². The maximum atomic E-state index is 14.6. The molecule has 0 atom stereocenters. The summed E-state index contributed by atoms with van der Waals surface area (Å²) >= 11 is 1.14. The number of hydrogen-bond donors (Lipinski definition) is 0. The molecule has 0 saturated carbocycles. The van der Waals surface area contributed by atoms with Gasteiger partial charge in [0.1, 0.15) is 17.1 Å². The van der Waals surface area contributed by atoms with Crippen molar-refractivity contribution in [1.82, 2.24) is 24.7 Å². The third-order valence-corrected chi connectivity index (χ3v) is 5.31. The maximum Gasteiger partial charge on any atom is 0.198 e. The number of furan rings is 1. The fraction of sp³-hybridized carbons (Fsp3) is 0.200. The maximum absolute atomic E-state index is 14.6. The second kappa shape index (κ2) is 7.93. The molecule has 4 aromatic rings. The molecular weight excluding hydrogens is 377 g/mol. The molecule has 0 saturated heterocycles. The number of rotatable bonds is 6. The van der Waals surface area contributed by atoms with Crippen LogP contribution < -0.4 is 0 Å². The van der Waals surface area contributed by atoms with Crippen LogP contribution >= 0.6 is 11.8 Å². The van der Waals surface area contributed by atoms with Gasteiger partial charge >= 0.3 is 0 Å². The van der Waals surface area contributed by atoms with Gasteiger partial charge in [-0.3, -0.25) is 4.57 Å². The molecule has 0 radical (unpaired) electrons.